The van der Waals surface area contributed by atoms with Crippen molar-refractivity contribution in [2.45, 2.75) is 6.54 Å². The summed E-state index contributed by atoms with van der Waals surface area (Å²) in [4.78, 5) is 11.8. The number of fused-ring (bicyclic) bond motifs is 1. The Kier molecular flexibility index (Phi) is 2.97. The number of carbonyl (C=O) groups is 1. The number of nitrogens with one attached hydrogen (secondary N) is 1. The minimum Gasteiger partial charge on any atom is -0.454 e. The summed E-state index contributed by atoms with van der Waals surface area (Å²) in [6.45, 7) is 0.636. The van der Waals surface area contributed by atoms with Crippen molar-refractivity contribution in [2.24, 2.45) is 0 Å². The third-order valence-corrected chi connectivity index (χ3v) is 2.69. The van der Waals surface area contributed by atoms with Gasteiger partial charge >= 0.3 is 0 Å². The van der Waals surface area contributed by atoms with Crippen molar-refractivity contribution < 1.29 is 14.3 Å². The summed E-state index contributed by atoms with van der Waals surface area (Å²) in [6, 6.07) is 8.83. The molecule has 1 N–H and O–H groups in total. The molecule has 0 saturated carbocycles. The first-order valence-electron chi connectivity index (χ1n) is 5.77. The zero-order valence-corrected chi connectivity index (χ0v) is 10.00. The molecule has 1 aromatic heterocycles. The minimum absolute atomic E-state index is 0.241. The Hall–Kier alpha value is -2.63. The van der Waals surface area contributed by atoms with Crippen LogP contribution in [0.2, 0.25) is 0 Å². The molecular formula is C13H11N3O3. The largest absolute Gasteiger partial charge is 0.454 e. The van der Waals surface area contributed by atoms with Gasteiger partial charge in [0.2, 0.25) is 6.79 Å². The molecule has 1 amide bonds. The summed E-state index contributed by atoms with van der Waals surface area (Å²) in [5, 5.41) is 10.2. The van der Waals surface area contributed by atoms with E-state index in [0.29, 0.717) is 18.0 Å². The maximum absolute atomic E-state index is 11.8. The highest BCUT2D eigenvalue weighted by molar-refractivity contribution is 5.91. The van der Waals surface area contributed by atoms with Crippen LogP contribution in [0.3, 0.4) is 0 Å². The van der Waals surface area contributed by atoms with E-state index in [1.165, 1.54) is 6.20 Å². The molecule has 0 atom stereocenters. The molecule has 0 bridgehead atoms. The third kappa shape index (κ3) is 2.47. The smallest absolute Gasteiger partial charge is 0.272 e. The number of aromatic nitrogens is 2. The summed E-state index contributed by atoms with van der Waals surface area (Å²) < 4.78 is 10.5. The number of ether oxygens (including phenoxy) is 2. The molecular weight excluding hydrogens is 246 g/mol. The Labute approximate surface area is 109 Å². The average molecular weight is 257 g/mol. The van der Waals surface area contributed by atoms with Gasteiger partial charge < -0.3 is 14.8 Å². The molecule has 0 saturated heterocycles. The third-order valence-electron chi connectivity index (χ3n) is 2.69. The Morgan fingerprint density at radius 1 is 1.26 bits per heavy atom. The summed E-state index contributed by atoms with van der Waals surface area (Å²) in [6.07, 6.45) is 1.52. The van der Waals surface area contributed by atoms with Crippen LogP contribution in [-0.2, 0) is 6.54 Å². The Balaban J connectivity index is 1.65. The Morgan fingerprint density at radius 3 is 3.00 bits per heavy atom. The summed E-state index contributed by atoms with van der Waals surface area (Å²) in [5.41, 5.74) is 1.23. The lowest BCUT2D eigenvalue weighted by atomic mass is 10.2. The number of amides is 1. The summed E-state index contributed by atoms with van der Waals surface area (Å²) >= 11 is 0. The predicted octanol–water partition coefficient (Wildman–Crippen LogP) is 1.14. The van der Waals surface area contributed by atoms with Crippen molar-refractivity contribution in [2.75, 3.05) is 6.79 Å². The lowest BCUT2D eigenvalue weighted by Gasteiger charge is -2.05. The highest BCUT2D eigenvalue weighted by Gasteiger charge is 2.13. The van der Waals surface area contributed by atoms with Gasteiger partial charge in [0, 0.05) is 12.7 Å². The van der Waals surface area contributed by atoms with Crippen LogP contribution < -0.4 is 14.8 Å². The van der Waals surface area contributed by atoms with E-state index in [1.54, 1.807) is 12.1 Å². The number of nitrogens with zero attached hydrogens (tertiary/aromatic N) is 2. The second-order valence-electron chi connectivity index (χ2n) is 3.98. The molecule has 96 valence electrons. The zero-order valence-electron chi connectivity index (χ0n) is 10.00. The number of hydrogen-bond donors (Lipinski definition) is 1. The van der Waals surface area contributed by atoms with Gasteiger partial charge in [-0.3, -0.25) is 4.79 Å². The fourth-order valence-electron chi connectivity index (χ4n) is 1.75. The Bertz CT molecular complexity index is 601. The van der Waals surface area contributed by atoms with Crippen LogP contribution in [0.25, 0.3) is 0 Å². The molecule has 19 heavy (non-hydrogen) atoms. The normalized spacial score (nSPS) is 12.2. The molecule has 2 heterocycles. The first-order valence-corrected chi connectivity index (χ1v) is 5.77. The molecule has 1 aromatic carbocycles. The van der Waals surface area contributed by atoms with Crippen molar-refractivity contribution in [1.82, 2.24) is 15.5 Å². The van der Waals surface area contributed by atoms with Gasteiger partial charge in [-0.05, 0) is 29.8 Å². The van der Waals surface area contributed by atoms with E-state index < -0.39 is 0 Å². The quantitative estimate of drug-likeness (QED) is 0.892. The Morgan fingerprint density at radius 2 is 2.16 bits per heavy atom. The molecule has 0 aliphatic carbocycles. The van der Waals surface area contributed by atoms with E-state index >= 15 is 0 Å². The van der Waals surface area contributed by atoms with Crippen LogP contribution >= 0.6 is 0 Å². The van der Waals surface area contributed by atoms with Gasteiger partial charge in [0.1, 0.15) is 0 Å². The fraction of sp³-hybridized carbons (Fsp3) is 0.154. The lowest BCUT2D eigenvalue weighted by Crippen LogP contribution is -2.23. The minimum atomic E-state index is -0.259. The van der Waals surface area contributed by atoms with Crippen molar-refractivity contribution >= 4 is 5.91 Å². The van der Waals surface area contributed by atoms with Gasteiger partial charge in [0.05, 0.1) is 0 Å². The number of benzene rings is 1. The van der Waals surface area contributed by atoms with Crippen LogP contribution in [0.5, 0.6) is 11.5 Å². The number of hydrogen-bond acceptors (Lipinski definition) is 5. The van der Waals surface area contributed by atoms with E-state index in [0.717, 1.165) is 11.3 Å². The van der Waals surface area contributed by atoms with Gasteiger partial charge in [-0.2, -0.15) is 5.10 Å². The maximum Gasteiger partial charge on any atom is 0.272 e. The van der Waals surface area contributed by atoms with Crippen molar-refractivity contribution in [3.05, 3.63) is 47.8 Å². The van der Waals surface area contributed by atoms with E-state index in [4.69, 9.17) is 9.47 Å². The molecule has 3 rings (SSSR count). The molecule has 0 fully saturated rings. The fourth-order valence-corrected chi connectivity index (χ4v) is 1.75. The average Bonchev–Trinajstić information content (AvgIpc) is 2.93. The second-order valence-corrected chi connectivity index (χ2v) is 3.98. The molecule has 6 nitrogen and oxygen atoms in total. The highest BCUT2D eigenvalue weighted by Crippen LogP contribution is 2.32. The van der Waals surface area contributed by atoms with Crippen LogP contribution in [0.4, 0.5) is 0 Å². The molecule has 1 aliphatic rings. The topological polar surface area (TPSA) is 73.3 Å². The molecule has 1 aliphatic heterocycles. The van der Waals surface area contributed by atoms with E-state index in [1.807, 2.05) is 18.2 Å². The standard InChI is InChI=1S/C13H11N3O3/c17-13(10-2-1-5-15-16-10)14-7-9-3-4-11-12(6-9)19-8-18-11/h1-6H,7-8H2,(H,14,17). The summed E-state index contributed by atoms with van der Waals surface area (Å²) in [7, 11) is 0. The lowest BCUT2D eigenvalue weighted by molar-refractivity contribution is 0.0945. The van der Waals surface area contributed by atoms with Crippen molar-refractivity contribution in [3.8, 4) is 11.5 Å². The van der Waals surface area contributed by atoms with Gasteiger partial charge in [-0.1, -0.05) is 6.07 Å². The predicted molar refractivity (Wildman–Crippen MR) is 65.8 cm³/mol. The second kappa shape index (κ2) is 4.93. The number of carbonyl (C=O) groups excluding carboxylic acids is 1. The van der Waals surface area contributed by atoms with Gasteiger partial charge in [0.15, 0.2) is 17.2 Å². The zero-order chi connectivity index (χ0) is 13.1. The first kappa shape index (κ1) is 11.5. The molecule has 6 heteroatoms. The first-order chi connectivity index (χ1) is 9.33. The van der Waals surface area contributed by atoms with Crippen LogP contribution in [0, 0.1) is 0 Å². The molecule has 2 aromatic rings. The van der Waals surface area contributed by atoms with Gasteiger partial charge in [0.25, 0.3) is 5.91 Å². The van der Waals surface area contributed by atoms with Gasteiger partial charge in [-0.25, -0.2) is 0 Å². The van der Waals surface area contributed by atoms with E-state index in [9.17, 15) is 4.79 Å². The van der Waals surface area contributed by atoms with Crippen LogP contribution in [0.1, 0.15) is 16.1 Å². The summed E-state index contributed by atoms with van der Waals surface area (Å²) in [5.74, 6) is 1.17. The molecule has 0 radical (unpaired) electrons. The van der Waals surface area contributed by atoms with Crippen molar-refractivity contribution in [3.63, 3.8) is 0 Å². The molecule has 0 spiro atoms. The highest BCUT2D eigenvalue weighted by atomic mass is 16.7. The van der Waals surface area contributed by atoms with Crippen LogP contribution in [-0.4, -0.2) is 22.9 Å². The number of rotatable bonds is 3. The maximum atomic E-state index is 11.8. The SMILES string of the molecule is O=C(NCc1ccc2c(c1)OCO2)c1cccnn1. The van der Waals surface area contributed by atoms with E-state index in [-0.39, 0.29) is 12.7 Å². The monoisotopic (exact) mass is 257 g/mol. The van der Waals surface area contributed by atoms with Crippen molar-refractivity contribution in [1.29, 1.82) is 0 Å². The van der Waals surface area contributed by atoms with E-state index in [2.05, 4.69) is 15.5 Å². The molecule has 0 unspecified atom stereocenters. The van der Waals surface area contributed by atoms with Crippen LogP contribution in [0.15, 0.2) is 36.5 Å². The van der Waals surface area contributed by atoms with Gasteiger partial charge in [-0.15, -0.1) is 5.10 Å².